The number of rotatable bonds is 4. The van der Waals surface area contributed by atoms with Gasteiger partial charge in [-0.25, -0.2) is 0 Å². The molecule has 0 bridgehead atoms. The molecule has 0 atom stereocenters. The van der Waals surface area contributed by atoms with Crippen molar-refractivity contribution in [3.8, 4) is 0 Å². The van der Waals surface area contributed by atoms with Crippen LogP contribution >= 0.6 is 0 Å². The molecule has 8 heteroatoms. The van der Waals surface area contributed by atoms with Gasteiger partial charge in [0.1, 0.15) is 0 Å². The van der Waals surface area contributed by atoms with Crippen LogP contribution in [0.2, 0.25) is 0 Å². The van der Waals surface area contributed by atoms with Crippen molar-refractivity contribution >= 4 is 11.9 Å². The van der Waals surface area contributed by atoms with Gasteiger partial charge in [0.25, 0.3) is 0 Å². The zero-order valence-corrected chi connectivity index (χ0v) is 14.1. The van der Waals surface area contributed by atoms with Gasteiger partial charge in [-0.05, 0) is 25.9 Å². The minimum absolute atomic E-state index is 0.0535. The summed E-state index contributed by atoms with van der Waals surface area (Å²) in [6.07, 6.45) is 1.49. The van der Waals surface area contributed by atoms with E-state index in [0.29, 0.717) is 52.4 Å². The highest BCUT2D eigenvalue weighted by Crippen LogP contribution is 2.01. The van der Waals surface area contributed by atoms with Crippen molar-refractivity contribution in [1.29, 1.82) is 0 Å². The second-order valence-electron chi connectivity index (χ2n) is 6.12. The van der Waals surface area contributed by atoms with Gasteiger partial charge in [0, 0.05) is 53.4 Å². The van der Waals surface area contributed by atoms with Gasteiger partial charge < -0.3 is 10.2 Å². The molecule has 0 aromatic rings. The van der Waals surface area contributed by atoms with Gasteiger partial charge >= 0.3 is 11.9 Å². The zero-order valence-electron chi connectivity index (χ0n) is 14.1. The molecule has 2 N–H and O–H groups in total. The predicted octanol–water partition coefficient (Wildman–Crippen LogP) is -0.505. The van der Waals surface area contributed by atoms with Crippen LogP contribution in [-0.4, -0.2) is 107 Å². The van der Waals surface area contributed by atoms with E-state index in [1.54, 1.807) is 9.80 Å². The number of carboxylic acids is 2. The van der Waals surface area contributed by atoms with Crippen molar-refractivity contribution in [2.75, 3.05) is 65.4 Å². The van der Waals surface area contributed by atoms with Crippen molar-refractivity contribution in [3.63, 3.8) is 0 Å². The van der Waals surface area contributed by atoms with Gasteiger partial charge in [-0.2, -0.15) is 0 Å². The molecule has 0 aromatic carbocycles. The maximum Gasteiger partial charge on any atom is 0.317 e. The van der Waals surface area contributed by atoms with Crippen molar-refractivity contribution < 1.29 is 19.8 Å². The average Bonchev–Trinajstić information content (AvgIpc) is 2.48. The van der Waals surface area contributed by atoms with E-state index in [1.807, 2.05) is 9.80 Å². The molecule has 4 radical (unpaired) electrons. The summed E-state index contributed by atoms with van der Waals surface area (Å²) in [7, 11) is 11.8. The highest BCUT2D eigenvalue weighted by Gasteiger charge is 2.15. The zero-order chi connectivity index (χ0) is 17.9. The third-order valence-corrected chi connectivity index (χ3v) is 3.96. The summed E-state index contributed by atoms with van der Waals surface area (Å²) in [5, 5.41) is 18.1. The van der Waals surface area contributed by atoms with E-state index in [-0.39, 0.29) is 13.1 Å². The molecule has 8 nitrogen and oxygen atoms in total. The molecule has 0 unspecified atom stereocenters. The van der Waals surface area contributed by atoms with Gasteiger partial charge in [0.15, 0.2) is 0 Å². The van der Waals surface area contributed by atoms with E-state index in [0.717, 1.165) is 12.8 Å². The highest BCUT2D eigenvalue weighted by atomic mass is 16.4. The van der Waals surface area contributed by atoms with E-state index in [2.05, 4.69) is 0 Å². The fourth-order valence-electron chi connectivity index (χ4n) is 2.68. The summed E-state index contributed by atoms with van der Waals surface area (Å²) in [5.41, 5.74) is 0. The van der Waals surface area contributed by atoms with Crippen molar-refractivity contribution in [3.05, 3.63) is 14.1 Å². The molecule has 0 spiro atoms. The fraction of sp³-hybridized carbons (Fsp3) is 0.750. The number of hydrogen-bond acceptors (Lipinski definition) is 6. The van der Waals surface area contributed by atoms with Crippen LogP contribution in [0.15, 0.2) is 0 Å². The van der Waals surface area contributed by atoms with Gasteiger partial charge in [-0.1, -0.05) is 0 Å². The molecule has 0 saturated carbocycles. The van der Waals surface area contributed by atoms with Crippen LogP contribution in [0.5, 0.6) is 0 Å². The van der Waals surface area contributed by atoms with E-state index in [4.69, 9.17) is 24.3 Å². The molecule has 1 saturated heterocycles. The Morgan fingerprint density at radius 3 is 1.38 bits per heavy atom. The molecule has 1 fully saturated rings. The van der Waals surface area contributed by atoms with Gasteiger partial charge in [-0.3, -0.25) is 29.2 Å². The van der Waals surface area contributed by atoms with Crippen LogP contribution < -0.4 is 0 Å². The molecule has 1 aliphatic heterocycles. The molecule has 136 valence electrons. The Morgan fingerprint density at radius 1 is 0.667 bits per heavy atom. The second-order valence-corrected chi connectivity index (χ2v) is 6.12. The van der Waals surface area contributed by atoms with Gasteiger partial charge in [0.2, 0.25) is 0 Å². The fourth-order valence-corrected chi connectivity index (χ4v) is 2.68. The van der Waals surface area contributed by atoms with E-state index in [9.17, 15) is 9.59 Å². The van der Waals surface area contributed by atoms with Crippen LogP contribution in [0.25, 0.3) is 0 Å². The lowest BCUT2D eigenvalue weighted by atomic mass is 10.3. The van der Waals surface area contributed by atoms with Crippen LogP contribution in [0.4, 0.5) is 0 Å². The second kappa shape index (κ2) is 11.4. The van der Waals surface area contributed by atoms with E-state index >= 15 is 0 Å². The summed E-state index contributed by atoms with van der Waals surface area (Å²) >= 11 is 0. The van der Waals surface area contributed by atoms with Gasteiger partial charge in [0.05, 0.1) is 13.1 Å². The van der Waals surface area contributed by atoms with E-state index in [1.165, 1.54) is 0 Å². The molecule has 1 rings (SSSR count). The van der Waals surface area contributed by atoms with Crippen molar-refractivity contribution in [1.82, 2.24) is 19.6 Å². The topological polar surface area (TPSA) is 87.6 Å². The predicted molar refractivity (Wildman–Crippen MR) is 89.1 cm³/mol. The lowest BCUT2D eigenvalue weighted by Crippen LogP contribution is -2.42. The molecule has 24 heavy (non-hydrogen) atoms. The molecule has 0 aliphatic carbocycles. The largest absolute Gasteiger partial charge is 0.480 e. The summed E-state index contributed by atoms with van der Waals surface area (Å²) in [5.74, 6) is -1.77. The minimum Gasteiger partial charge on any atom is -0.480 e. The molecular weight excluding hydrogens is 312 g/mol. The summed E-state index contributed by atoms with van der Waals surface area (Å²) in [6.45, 7) is 4.70. The Labute approximate surface area is 144 Å². The minimum atomic E-state index is -0.885. The first-order valence-electron chi connectivity index (χ1n) is 8.24. The molecule has 0 aromatic heterocycles. The van der Waals surface area contributed by atoms with Crippen molar-refractivity contribution in [2.24, 2.45) is 0 Å². The summed E-state index contributed by atoms with van der Waals surface area (Å²) < 4.78 is 0. The lowest BCUT2D eigenvalue weighted by Gasteiger charge is -2.28. The number of hydrogen-bond donors (Lipinski definition) is 2. The third-order valence-electron chi connectivity index (χ3n) is 3.96. The molecule has 1 heterocycles. The molecule has 1 aliphatic rings. The first-order chi connectivity index (χ1) is 11.4. The molecule has 0 amide bonds. The number of aliphatic carboxylic acids is 2. The van der Waals surface area contributed by atoms with Crippen LogP contribution in [0.1, 0.15) is 12.8 Å². The Kier molecular flexibility index (Phi) is 9.85. The Morgan fingerprint density at radius 2 is 1.04 bits per heavy atom. The van der Waals surface area contributed by atoms with E-state index < -0.39 is 11.9 Å². The van der Waals surface area contributed by atoms with Gasteiger partial charge in [-0.15, -0.1) is 0 Å². The normalized spacial score (nSPS) is 22.1. The Balaban J connectivity index is 2.65. The third kappa shape index (κ3) is 9.82. The first kappa shape index (κ1) is 20.8. The highest BCUT2D eigenvalue weighted by molar-refractivity contribution is 5.69. The smallest absolute Gasteiger partial charge is 0.317 e. The quantitative estimate of drug-likeness (QED) is 0.708. The first-order valence-corrected chi connectivity index (χ1v) is 8.24. The maximum absolute atomic E-state index is 11.0. The lowest BCUT2D eigenvalue weighted by molar-refractivity contribution is -0.140. The number of nitrogens with zero attached hydrogens (tertiary/aromatic N) is 4. The van der Waals surface area contributed by atoms with Crippen LogP contribution in [0.3, 0.4) is 0 Å². The standard InChI is InChI=1S/C16H28N4O4/c1-17-5-3-7-19(13-15(21)22)11-12-20(14-16(23)24)8-4-6-18(2)10-9-17/h1-2H,3-14H2,(H,21,22)(H,23,24). The van der Waals surface area contributed by atoms with Crippen molar-refractivity contribution in [2.45, 2.75) is 12.8 Å². The van der Waals surface area contributed by atoms with Crippen LogP contribution in [0, 0.1) is 14.1 Å². The monoisotopic (exact) mass is 340 g/mol. The average molecular weight is 340 g/mol. The Hall–Kier alpha value is -1.22. The Bertz CT molecular complexity index is 358. The maximum atomic E-state index is 11.0. The SMILES string of the molecule is [CH]N1CCCN(CC(=O)O)CCN(CC(=O)O)CCCN([CH])CC1. The molecular formula is C16H28N4O4. The number of carbonyl (C=O) groups is 2. The number of carboxylic acid groups (broad SMARTS) is 2. The van der Waals surface area contributed by atoms with Crippen LogP contribution in [-0.2, 0) is 9.59 Å². The summed E-state index contributed by atoms with van der Waals surface area (Å²) in [6, 6.07) is 0. The summed E-state index contributed by atoms with van der Waals surface area (Å²) in [4.78, 5) is 29.0.